The smallest absolute Gasteiger partial charge is 0.110 e. The van der Waals surface area contributed by atoms with Crippen molar-refractivity contribution in [1.29, 1.82) is 0 Å². The normalized spacial score (nSPS) is 29.9. The third-order valence-electron chi connectivity index (χ3n) is 2.92. The largest absolute Gasteiger partial charge is 0.362 e. The van der Waals surface area contributed by atoms with Gasteiger partial charge in [0, 0.05) is 0 Å². The summed E-state index contributed by atoms with van der Waals surface area (Å²) in [7, 11) is 0. The maximum Gasteiger partial charge on any atom is 0.110 e. The highest BCUT2D eigenvalue weighted by Gasteiger charge is 2.48. The lowest BCUT2D eigenvalue weighted by Gasteiger charge is -1.99. The molecule has 1 saturated heterocycles. The van der Waals surface area contributed by atoms with E-state index in [-0.39, 0.29) is 5.60 Å². The fourth-order valence-electron chi connectivity index (χ4n) is 1.74. The van der Waals surface area contributed by atoms with E-state index in [9.17, 15) is 0 Å². The first-order valence-corrected chi connectivity index (χ1v) is 5.10. The molecule has 1 fully saturated rings. The summed E-state index contributed by atoms with van der Waals surface area (Å²) in [5, 5.41) is 0. The van der Waals surface area contributed by atoms with Crippen molar-refractivity contribution in [3.8, 4) is 0 Å². The van der Waals surface area contributed by atoms with E-state index in [2.05, 4.69) is 37.8 Å². The molecule has 0 N–H and O–H groups in total. The first-order chi connectivity index (χ1) is 6.74. The van der Waals surface area contributed by atoms with E-state index in [0.29, 0.717) is 6.10 Å². The summed E-state index contributed by atoms with van der Waals surface area (Å²) in [5.41, 5.74) is 1.34. The van der Waals surface area contributed by atoms with Crippen LogP contribution >= 0.6 is 0 Å². The highest BCUT2D eigenvalue weighted by atomic mass is 16.6. The van der Waals surface area contributed by atoms with Crippen molar-refractivity contribution in [2.24, 2.45) is 0 Å². The molecule has 2 rings (SSSR count). The van der Waals surface area contributed by atoms with Crippen LogP contribution in [0.5, 0.6) is 0 Å². The Bertz CT molecular complexity index is 317. The minimum Gasteiger partial charge on any atom is -0.362 e. The van der Waals surface area contributed by atoms with Crippen LogP contribution in [-0.2, 0) is 11.2 Å². The van der Waals surface area contributed by atoms with E-state index in [1.54, 1.807) is 0 Å². The van der Waals surface area contributed by atoms with Crippen molar-refractivity contribution in [3.63, 3.8) is 0 Å². The maximum atomic E-state index is 5.56. The van der Waals surface area contributed by atoms with E-state index >= 15 is 0 Å². The van der Waals surface area contributed by atoms with Gasteiger partial charge in [-0.05, 0) is 25.3 Å². The summed E-state index contributed by atoms with van der Waals surface area (Å²) in [6.45, 7) is 5.87. The first kappa shape index (κ1) is 9.47. The monoisotopic (exact) mass is 188 g/mol. The number of rotatable bonds is 4. The number of epoxide rings is 1. The lowest BCUT2D eigenvalue weighted by Crippen LogP contribution is -2.05. The van der Waals surface area contributed by atoms with Crippen molar-refractivity contribution in [1.82, 2.24) is 0 Å². The van der Waals surface area contributed by atoms with Crippen molar-refractivity contribution in [2.45, 2.75) is 31.5 Å². The molecule has 0 radical (unpaired) electrons. The molecule has 1 aliphatic heterocycles. The van der Waals surface area contributed by atoms with Crippen LogP contribution < -0.4 is 0 Å². The van der Waals surface area contributed by atoms with E-state index in [4.69, 9.17) is 4.74 Å². The van der Waals surface area contributed by atoms with Crippen LogP contribution in [0.25, 0.3) is 0 Å². The van der Waals surface area contributed by atoms with E-state index in [0.717, 1.165) is 12.8 Å². The average Bonchev–Trinajstić information content (AvgIpc) is 2.90. The van der Waals surface area contributed by atoms with Gasteiger partial charge in [0.2, 0.25) is 0 Å². The van der Waals surface area contributed by atoms with Gasteiger partial charge in [-0.25, -0.2) is 0 Å². The zero-order chi connectivity index (χ0) is 10.0. The molecule has 1 aliphatic rings. The Balaban J connectivity index is 1.83. The minimum atomic E-state index is -0.0468. The van der Waals surface area contributed by atoms with Crippen LogP contribution in [0.4, 0.5) is 0 Å². The van der Waals surface area contributed by atoms with Gasteiger partial charge in [0.1, 0.15) is 5.60 Å². The van der Waals surface area contributed by atoms with E-state index in [1.807, 2.05) is 12.1 Å². The Kier molecular flexibility index (Phi) is 2.42. The Labute approximate surface area is 85.4 Å². The van der Waals surface area contributed by atoms with Gasteiger partial charge in [0.05, 0.1) is 6.10 Å². The van der Waals surface area contributed by atoms with Gasteiger partial charge in [-0.2, -0.15) is 0 Å². The summed E-state index contributed by atoms with van der Waals surface area (Å²) in [5.74, 6) is 0. The minimum absolute atomic E-state index is 0.0468. The lowest BCUT2D eigenvalue weighted by atomic mass is 10.0. The van der Waals surface area contributed by atoms with Crippen molar-refractivity contribution in [2.75, 3.05) is 0 Å². The molecule has 0 saturated carbocycles. The zero-order valence-corrected chi connectivity index (χ0v) is 8.57. The van der Waals surface area contributed by atoms with Gasteiger partial charge in [-0.3, -0.25) is 0 Å². The van der Waals surface area contributed by atoms with Gasteiger partial charge in [0.25, 0.3) is 0 Å². The van der Waals surface area contributed by atoms with E-state index in [1.165, 1.54) is 5.56 Å². The highest BCUT2D eigenvalue weighted by Crippen LogP contribution is 2.39. The molecule has 1 aromatic carbocycles. The van der Waals surface area contributed by atoms with Gasteiger partial charge >= 0.3 is 0 Å². The zero-order valence-electron chi connectivity index (χ0n) is 8.57. The quantitative estimate of drug-likeness (QED) is 0.522. The van der Waals surface area contributed by atoms with Crippen molar-refractivity contribution in [3.05, 3.63) is 48.6 Å². The fraction of sp³-hybridized carbons (Fsp3) is 0.385. The fourth-order valence-corrected chi connectivity index (χ4v) is 1.74. The summed E-state index contributed by atoms with van der Waals surface area (Å²) >= 11 is 0. The summed E-state index contributed by atoms with van der Waals surface area (Å²) in [6, 6.07) is 10.5. The maximum absolute atomic E-state index is 5.56. The topological polar surface area (TPSA) is 12.5 Å². The highest BCUT2D eigenvalue weighted by molar-refractivity contribution is 5.17. The first-order valence-electron chi connectivity index (χ1n) is 5.10. The molecule has 1 heterocycles. The van der Waals surface area contributed by atoms with Crippen LogP contribution in [0.1, 0.15) is 18.9 Å². The van der Waals surface area contributed by atoms with Crippen LogP contribution in [0.2, 0.25) is 0 Å². The van der Waals surface area contributed by atoms with Gasteiger partial charge in [-0.15, -0.1) is 6.58 Å². The Morgan fingerprint density at radius 3 is 2.71 bits per heavy atom. The Morgan fingerprint density at radius 2 is 2.14 bits per heavy atom. The second kappa shape index (κ2) is 3.58. The predicted molar refractivity (Wildman–Crippen MR) is 58.2 cm³/mol. The number of benzene rings is 1. The lowest BCUT2D eigenvalue weighted by molar-refractivity contribution is 0.338. The standard InChI is InChI=1S/C13H16O/c1-3-13(2)12(14-13)10-9-11-7-5-4-6-8-11/h3-8,12H,1,9-10H2,2H3/t12-,13-/m0/s1. The molecule has 0 bridgehead atoms. The van der Waals surface area contributed by atoms with Crippen molar-refractivity contribution >= 4 is 0 Å². The van der Waals surface area contributed by atoms with Crippen LogP contribution in [-0.4, -0.2) is 11.7 Å². The molecular weight excluding hydrogens is 172 g/mol. The molecule has 1 heteroatoms. The van der Waals surface area contributed by atoms with Crippen LogP contribution in [0, 0.1) is 0 Å². The third kappa shape index (κ3) is 1.88. The van der Waals surface area contributed by atoms with Crippen LogP contribution in [0.3, 0.4) is 0 Å². The molecule has 1 aromatic rings. The molecule has 14 heavy (non-hydrogen) atoms. The average molecular weight is 188 g/mol. The summed E-state index contributed by atoms with van der Waals surface area (Å²) < 4.78 is 5.56. The third-order valence-corrected chi connectivity index (χ3v) is 2.92. The van der Waals surface area contributed by atoms with Gasteiger partial charge in [0.15, 0.2) is 0 Å². The van der Waals surface area contributed by atoms with Gasteiger partial charge < -0.3 is 4.74 Å². The predicted octanol–water partition coefficient (Wildman–Crippen LogP) is 2.96. The second-order valence-electron chi connectivity index (χ2n) is 4.02. The number of hydrogen-bond donors (Lipinski definition) is 0. The summed E-state index contributed by atoms with van der Waals surface area (Å²) in [6.07, 6.45) is 4.46. The molecule has 0 aromatic heterocycles. The Morgan fingerprint density at radius 1 is 1.43 bits per heavy atom. The molecule has 2 atom stereocenters. The molecular formula is C13H16O. The molecule has 0 amide bonds. The summed E-state index contributed by atoms with van der Waals surface area (Å²) in [4.78, 5) is 0. The van der Waals surface area contributed by atoms with Gasteiger partial charge in [-0.1, -0.05) is 36.4 Å². The van der Waals surface area contributed by atoms with Crippen molar-refractivity contribution < 1.29 is 4.74 Å². The SMILES string of the molecule is C=C[C@]1(C)O[C@H]1CCc1ccccc1. The number of ether oxygens (including phenoxy) is 1. The second-order valence-corrected chi connectivity index (χ2v) is 4.02. The Hall–Kier alpha value is -1.08. The molecule has 74 valence electrons. The molecule has 1 nitrogen and oxygen atoms in total. The molecule has 0 aliphatic carbocycles. The molecule has 0 spiro atoms. The number of aryl methyl sites for hydroxylation is 1. The van der Waals surface area contributed by atoms with E-state index < -0.39 is 0 Å². The molecule has 0 unspecified atom stereocenters. The van der Waals surface area contributed by atoms with Crippen LogP contribution in [0.15, 0.2) is 43.0 Å². The number of hydrogen-bond acceptors (Lipinski definition) is 1.